The van der Waals surface area contributed by atoms with Gasteiger partial charge in [-0.2, -0.15) is 0 Å². The molecule has 4 heteroatoms. The third-order valence-corrected chi connectivity index (χ3v) is 2.30. The van der Waals surface area contributed by atoms with Gasteiger partial charge in [-0.3, -0.25) is 4.57 Å². The summed E-state index contributed by atoms with van der Waals surface area (Å²) in [5.41, 5.74) is 0. The van der Waals surface area contributed by atoms with E-state index in [1.807, 2.05) is 25.1 Å². The summed E-state index contributed by atoms with van der Waals surface area (Å²) in [5, 5.41) is 0. The predicted molar refractivity (Wildman–Crippen MR) is 56.6 cm³/mol. The molecule has 66 valence electrons. The zero-order valence-corrected chi connectivity index (χ0v) is 7.41. The van der Waals surface area contributed by atoms with Crippen LogP contribution in [-0.2, 0) is 4.57 Å². The Hall–Kier alpha value is -0.218. The molecule has 0 heterocycles. The summed E-state index contributed by atoms with van der Waals surface area (Å²) < 4.78 is 16.1. The van der Waals surface area contributed by atoms with Gasteiger partial charge in [-0.25, -0.2) is 0 Å². The Kier molecular flexibility index (Phi) is 6.20. The number of para-hydroxylation sites is 1. The Morgan fingerprint density at radius 1 is 1.33 bits per heavy atom. The van der Waals surface area contributed by atoms with Crippen molar-refractivity contribution in [1.29, 1.82) is 0 Å². The molecule has 1 rings (SSSR count). The van der Waals surface area contributed by atoms with Gasteiger partial charge in [-0.1, -0.05) is 25.1 Å². The van der Waals surface area contributed by atoms with Crippen LogP contribution in [0.15, 0.2) is 30.3 Å². The summed E-state index contributed by atoms with van der Waals surface area (Å²) in [6, 6.07) is 9.23. The summed E-state index contributed by atoms with van der Waals surface area (Å²) in [5.74, 6) is 0.693. The van der Waals surface area contributed by atoms with Crippen molar-refractivity contribution in [2.24, 2.45) is 0 Å². The van der Waals surface area contributed by atoms with Crippen molar-refractivity contribution in [2.45, 2.75) is 6.92 Å². The highest BCUT2D eigenvalue weighted by Gasteiger charge is 1.95. The Balaban J connectivity index is 0.00000121. The van der Waals surface area contributed by atoms with Crippen molar-refractivity contribution in [3.8, 4) is 5.75 Å². The smallest absolute Gasteiger partial charge is 0.236 e. The zero-order chi connectivity index (χ0) is 8.10. The van der Waals surface area contributed by atoms with E-state index in [2.05, 4.69) is 0 Å². The summed E-state index contributed by atoms with van der Waals surface area (Å²) in [7, 11) is -1.83. The van der Waals surface area contributed by atoms with Gasteiger partial charge in [0.05, 0.1) is 0 Å². The summed E-state index contributed by atoms with van der Waals surface area (Å²) in [6.45, 7) is 1.85. The lowest BCUT2D eigenvalue weighted by Gasteiger charge is -2.01. The molecule has 12 heavy (non-hydrogen) atoms. The fourth-order valence-corrected chi connectivity index (χ4v) is 1.24. The Morgan fingerprint density at radius 3 is 2.42 bits per heavy atom. The van der Waals surface area contributed by atoms with Gasteiger partial charge in [0.1, 0.15) is 5.75 Å². The molecule has 1 atom stereocenters. The fraction of sp³-hybridized carbons (Fsp3) is 0.250. The molecule has 0 aromatic heterocycles. The lowest BCUT2D eigenvalue weighted by atomic mass is 10.3. The molecule has 0 radical (unpaired) electrons. The van der Waals surface area contributed by atoms with Gasteiger partial charge in [0.15, 0.2) is 17.4 Å². The van der Waals surface area contributed by atoms with E-state index in [9.17, 15) is 4.57 Å². The van der Waals surface area contributed by atoms with Crippen molar-refractivity contribution in [3.63, 3.8) is 0 Å². The van der Waals surface area contributed by atoms with Crippen LogP contribution >= 0.6 is 8.03 Å². The van der Waals surface area contributed by atoms with E-state index in [-0.39, 0.29) is 17.4 Å². The molecule has 1 aromatic rings. The van der Waals surface area contributed by atoms with E-state index in [4.69, 9.17) is 4.52 Å². The minimum Gasteiger partial charge on any atom is -0.445 e. The summed E-state index contributed by atoms with van der Waals surface area (Å²) in [6.07, 6.45) is 0.597. The normalized spacial score (nSPS) is 11.4. The summed E-state index contributed by atoms with van der Waals surface area (Å²) in [4.78, 5) is 0. The molecule has 0 amide bonds. The molecule has 0 aliphatic carbocycles. The second kappa shape index (κ2) is 6.32. The molecule has 0 saturated heterocycles. The topological polar surface area (TPSA) is 26.3 Å². The van der Waals surface area contributed by atoms with Crippen LogP contribution in [0.25, 0.3) is 0 Å². The molecule has 0 spiro atoms. The lowest BCUT2D eigenvalue weighted by molar-refractivity contribution is 0.506. The molecule has 0 bridgehead atoms. The van der Waals surface area contributed by atoms with Crippen LogP contribution < -0.4 is 4.52 Å². The van der Waals surface area contributed by atoms with Crippen molar-refractivity contribution in [1.82, 2.24) is 0 Å². The van der Waals surface area contributed by atoms with E-state index in [0.29, 0.717) is 11.9 Å². The van der Waals surface area contributed by atoms with Crippen LogP contribution in [0.4, 0.5) is 0 Å². The quantitative estimate of drug-likeness (QED) is 0.544. The van der Waals surface area contributed by atoms with Crippen LogP contribution in [0.1, 0.15) is 6.92 Å². The Morgan fingerprint density at radius 2 is 1.92 bits per heavy atom. The average molecular weight is 200 g/mol. The molecule has 1 aromatic carbocycles. The van der Waals surface area contributed by atoms with Crippen LogP contribution in [0.3, 0.4) is 0 Å². The van der Waals surface area contributed by atoms with Gasteiger partial charge in [0, 0.05) is 6.16 Å². The van der Waals surface area contributed by atoms with Gasteiger partial charge in [-0.15, -0.1) is 0 Å². The van der Waals surface area contributed by atoms with Crippen molar-refractivity contribution >= 4 is 25.4 Å². The van der Waals surface area contributed by atoms with Gasteiger partial charge < -0.3 is 4.52 Å². The van der Waals surface area contributed by atoms with Crippen LogP contribution in [0.5, 0.6) is 5.75 Å². The van der Waals surface area contributed by atoms with Crippen molar-refractivity contribution < 1.29 is 9.09 Å². The molecule has 0 aliphatic heterocycles. The molecular formula is C8H14AlO2P. The minimum absolute atomic E-state index is 0. The first-order valence-electron chi connectivity index (χ1n) is 3.58. The van der Waals surface area contributed by atoms with E-state index >= 15 is 0 Å². The second-order valence-corrected chi connectivity index (χ2v) is 3.80. The zero-order valence-electron chi connectivity index (χ0n) is 6.41. The summed E-state index contributed by atoms with van der Waals surface area (Å²) >= 11 is 0. The Labute approximate surface area is 83.9 Å². The van der Waals surface area contributed by atoms with Crippen LogP contribution in [0, 0.1) is 0 Å². The minimum atomic E-state index is -1.83. The monoisotopic (exact) mass is 200 g/mol. The van der Waals surface area contributed by atoms with Gasteiger partial charge in [-0.05, 0) is 12.1 Å². The number of hydrogen-bond acceptors (Lipinski definition) is 2. The molecule has 0 fully saturated rings. The molecule has 0 N–H and O–H groups in total. The second-order valence-electron chi connectivity index (χ2n) is 2.14. The number of rotatable bonds is 3. The first-order chi connectivity index (χ1) is 5.33. The molecule has 2 nitrogen and oxygen atoms in total. The third-order valence-electron chi connectivity index (χ3n) is 1.26. The molecule has 0 aliphatic rings. The fourth-order valence-electron chi connectivity index (χ4n) is 0.692. The molecular weight excluding hydrogens is 186 g/mol. The Bertz CT molecular complexity index is 238. The van der Waals surface area contributed by atoms with Gasteiger partial charge in [0.2, 0.25) is 8.03 Å². The number of benzene rings is 1. The maximum Gasteiger partial charge on any atom is 0.236 e. The van der Waals surface area contributed by atoms with E-state index in [1.165, 1.54) is 0 Å². The first-order valence-corrected chi connectivity index (χ1v) is 5.11. The lowest BCUT2D eigenvalue weighted by Crippen LogP contribution is -1.81. The highest BCUT2D eigenvalue weighted by atomic mass is 31.1. The van der Waals surface area contributed by atoms with Crippen LogP contribution in [0.2, 0.25) is 0 Å². The largest absolute Gasteiger partial charge is 0.445 e. The van der Waals surface area contributed by atoms with E-state index in [1.54, 1.807) is 12.1 Å². The molecule has 1 unspecified atom stereocenters. The van der Waals surface area contributed by atoms with Crippen molar-refractivity contribution in [2.75, 3.05) is 6.16 Å². The van der Waals surface area contributed by atoms with Gasteiger partial charge >= 0.3 is 0 Å². The average Bonchev–Trinajstić information content (AvgIpc) is 2.06. The van der Waals surface area contributed by atoms with E-state index < -0.39 is 8.03 Å². The standard InChI is InChI=1S/C8H11O2P.Al.3H/c1-2-11(9)10-8-6-4-3-5-7-8;;;;/h3-7,11H,2H2,1H3;;;;. The predicted octanol–water partition coefficient (Wildman–Crippen LogP) is 1.38. The van der Waals surface area contributed by atoms with E-state index in [0.717, 1.165) is 0 Å². The first kappa shape index (κ1) is 11.8. The SMILES string of the molecule is CC[PH](=O)Oc1ccccc1.[AlH3]. The highest BCUT2D eigenvalue weighted by molar-refractivity contribution is 7.39. The number of hydrogen-bond donors (Lipinski definition) is 0. The third kappa shape index (κ3) is 3.97. The van der Waals surface area contributed by atoms with Crippen LogP contribution in [-0.4, -0.2) is 23.5 Å². The van der Waals surface area contributed by atoms with Gasteiger partial charge in [0.25, 0.3) is 0 Å². The maximum absolute atomic E-state index is 10.9. The van der Waals surface area contributed by atoms with Crippen molar-refractivity contribution in [3.05, 3.63) is 30.3 Å². The highest BCUT2D eigenvalue weighted by Crippen LogP contribution is 2.25. The maximum atomic E-state index is 10.9. The molecule has 0 saturated carbocycles.